The average Bonchev–Trinajstić information content (AvgIpc) is 3.18. The first kappa shape index (κ1) is 29.6. The van der Waals surface area contributed by atoms with Crippen molar-refractivity contribution in [3.8, 4) is 0 Å². The van der Waals surface area contributed by atoms with Crippen LogP contribution < -0.4 is 10.2 Å². The fourth-order valence-electron chi connectivity index (χ4n) is 4.87. The summed E-state index contributed by atoms with van der Waals surface area (Å²) in [5.41, 5.74) is 3.67. The normalized spacial score (nSPS) is 18.4. The molecule has 4 rings (SSSR count). The summed E-state index contributed by atoms with van der Waals surface area (Å²) in [4.78, 5) is 27.1. The topological polar surface area (TPSA) is 61.4 Å². The number of carbonyl (C=O) groups is 1. The second-order valence-corrected chi connectivity index (χ2v) is 11.0. The molecule has 2 heterocycles. The molecule has 0 bridgehead atoms. The second kappa shape index (κ2) is 12.6. The van der Waals surface area contributed by atoms with Gasteiger partial charge >= 0.3 is 0 Å². The number of hydrogen-bond acceptors (Lipinski definition) is 5. The van der Waals surface area contributed by atoms with E-state index in [4.69, 9.17) is 11.6 Å². The number of aromatic nitrogens is 2. The van der Waals surface area contributed by atoms with Gasteiger partial charge in [0.15, 0.2) is 0 Å². The van der Waals surface area contributed by atoms with Crippen LogP contribution in [0.2, 0.25) is 5.02 Å². The van der Waals surface area contributed by atoms with E-state index in [1.165, 1.54) is 11.3 Å². The van der Waals surface area contributed by atoms with Gasteiger partial charge in [0.05, 0.1) is 5.92 Å². The predicted molar refractivity (Wildman–Crippen MR) is 149 cm³/mol. The Balaban J connectivity index is 0.00000216. The first-order valence-corrected chi connectivity index (χ1v) is 12.4. The number of carbonyl (C=O) groups excluding carboxylic acids is 1. The highest BCUT2D eigenvalue weighted by atomic mass is 35.5. The van der Waals surface area contributed by atoms with E-state index in [0.717, 1.165) is 43.9 Å². The lowest BCUT2D eigenvalue weighted by Gasteiger charge is -2.38. The minimum Gasteiger partial charge on any atom is -0.353 e. The standard InChI is InChI=1S/C26H36ClN5O.2ClH/c1-18-5-10-22-23(18)24(30-17-29-22)31-11-13-32(14-12-31)25(33)21(15-28-16-26(2,3)4)19-6-8-20(27)9-7-19;;/h6-9,17-18,21,28H,5,10-16H2,1-4H3;2*1H. The Hall–Kier alpha value is -1.60. The van der Waals surface area contributed by atoms with Crippen LogP contribution in [0.1, 0.15) is 62.8 Å². The van der Waals surface area contributed by atoms with Gasteiger partial charge in [0, 0.05) is 55.5 Å². The van der Waals surface area contributed by atoms with Crippen LogP contribution in [0.3, 0.4) is 0 Å². The third-order valence-electron chi connectivity index (χ3n) is 6.72. The molecule has 194 valence electrons. The van der Waals surface area contributed by atoms with Gasteiger partial charge in [-0.15, -0.1) is 24.8 Å². The molecule has 2 atom stereocenters. The molecule has 35 heavy (non-hydrogen) atoms. The van der Waals surface area contributed by atoms with E-state index in [1.54, 1.807) is 6.33 Å². The van der Waals surface area contributed by atoms with E-state index in [9.17, 15) is 4.79 Å². The summed E-state index contributed by atoms with van der Waals surface area (Å²) in [5, 5.41) is 4.21. The minimum absolute atomic E-state index is 0. The van der Waals surface area contributed by atoms with Gasteiger partial charge in [-0.25, -0.2) is 9.97 Å². The van der Waals surface area contributed by atoms with Gasteiger partial charge in [-0.1, -0.05) is 51.4 Å². The molecule has 1 N–H and O–H groups in total. The number of halogens is 3. The van der Waals surface area contributed by atoms with E-state index in [2.05, 4.69) is 47.9 Å². The molecule has 1 aliphatic heterocycles. The molecule has 1 aromatic heterocycles. The number of nitrogens with zero attached hydrogens (tertiary/aromatic N) is 4. The molecule has 2 aromatic rings. The van der Waals surface area contributed by atoms with Crippen molar-refractivity contribution in [3.63, 3.8) is 0 Å². The lowest BCUT2D eigenvalue weighted by atomic mass is 9.94. The number of nitrogens with one attached hydrogen (secondary N) is 1. The lowest BCUT2D eigenvalue weighted by molar-refractivity contribution is -0.133. The molecule has 9 heteroatoms. The fraction of sp³-hybridized carbons (Fsp3) is 0.577. The van der Waals surface area contributed by atoms with Gasteiger partial charge in [-0.05, 0) is 41.9 Å². The SMILES string of the molecule is CC1CCc2ncnc(N3CCN(C(=O)C(CNCC(C)(C)C)c4ccc(Cl)cc4)CC3)c21.Cl.Cl. The number of amides is 1. The van der Waals surface area contributed by atoms with Crippen LogP contribution in [-0.4, -0.2) is 60.0 Å². The van der Waals surface area contributed by atoms with E-state index in [-0.39, 0.29) is 42.1 Å². The van der Waals surface area contributed by atoms with Crippen molar-refractivity contribution < 1.29 is 4.79 Å². The zero-order chi connectivity index (χ0) is 23.6. The van der Waals surface area contributed by atoms with Gasteiger partial charge in [0.2, 0.25) is 5.91 Å². The Labute approximate surface area is 227 Å². The smallest absolute Gasteiger partial charge is 0.231 e. The van der Waals surface area contributed by atoms with Crippen LogP contribution in [0, 0.1) is 5.41 Å². The summed E-state index contributed by atoms with van der Waals surface area (Å²) in [6, 6.07) is 7.70. The molecule has 1 fully saturated rings. The molecule has 2 unspecified atom stereocenters. The zero-order valence-electron chi connectivity index (χ0n) is 21.1. The van der Waals surface area contributed by atoms with E-state index < -0.39 is 0 Å². The monoisotopic (exact) mass is 541 g/mol. The summed E-state index contributed by atoms with van der Waals surface area (Å²) < 4.78 is 0. The Kier molecular flexibility index (Phi) is 10.6. The summed E-state index contributed by atoms with van der Waals surface area (Å²) in [6.45, 7) is 13.3. The highest BCUT2D eigenvalue weighted by molar-refractivity contribution is 6.30. The summed E-state index contributed by atoms with van der Waals surface area (Å²) >= 11 is 6.11. The van der Waals surface area contributed by atoms with E-state index in [0.29, 0.717) is 30.6 Å². The average molecular weight is 543 g/mol. The number of fused-ring (bicyclic) bond motifs is 1. The van der Waals surface area contributed by atoms with Crippen molar-refractivity contribution >= 4 is 48.1 Å². The number of hydrogen-bond donors (Lipinski definition) is 1. The summed E-state index contributed by atoms with van der Waals surface area (Å²) in [7, 11) is 0. The van der Waals surface area contributed by atoms with Crippen molar-refractivity contribution in [3.05, 3.63) is 52.4 Å². The van der Waals surface area contributed by atoms with Crippen LogP contribution in [0.25, 0.3) is 0 Å². The predicted octanol–water partition coefficient (Wildman–Crippen LogP) is 5.09. The van der Waals surface area contributed by atoms with Gasteiger partial charge < -0.3 is 15.1 Å². The van der Waals surface area contributed by atoms with Gasteiger partial charge in [-0.3, -0.25) is 4.79 Å². The number of benzene rings is 1. The fourth-order valence-corrected chi connectivity index (χ4v) is 4.99. The molecule has 0 saturated carbocycles. The van der Waals surface area contributed by atoms with Crippen molar-refractivity contribution in [1.29, 1.82) is 0 Å². The third kappa shape index (κ3) is 7.22. The van der Waals surface area contributed by atoms with Crippen LogP contribution in [0.15, 0.2) is 30.6 Å². The van der Waals surface area contributed by atoms with Crippen LogP contribution in [0.4, 0.5) is 5.82 Å². The van der Waals surface area contributed by atoms with Crippen LogP contribution >= 0.6 is 36.4 Å². The van der Waals surface area contributed by atoms with Gasteiger partial charge in [-0.2, -0.15) is 0 Å². The van der Waals surface area contributed by atoms with Crippen molar-refractivity contribution in [2.45, 2.75) is 52.4 Å². The molecule has 6 nitrogen and oxygen atoms in total. The Morgan fingerprint density at radius 1 is 1.11 bits per heavy atom. The molecular formula is C26H38Cl3N5O. The number of anilines is 1. The number of piperazine rings is 1. The molecule has 2 aliphatic rings. The molecule has 1 aromatic carbocycles. The van der Waals surface area contributed by atoms with Gasteiger partial charge in [0.1, 0.15) is 12.1 Å². The maximum atomic E-state index is 13.6. The van der Waals surface area contributed by atoms with Crippen molar-refractivity contribution in [2.75, 3.05) is 44.2 Å². The van der Waals surface area contributed by atoms with Gasteiger partial charge in [0.25, 0.3) is 0 Å². The molecule has 1 amide bonds. The first-order chi connectivity index (χ1) is 15.7. The van der Waals surface area contributed by atoms with Crippen LogP contribution in [0.5, 0.6) is 0 Å². The van der Waals surface area contributed by atoms with E-state index >= 15 is 0 Å². The molecule has 1 aliphatic carbocycles. The number of rotatable bonds is 6. The first-order valence-electron chi connectivity index (χ1n) is 12.1. The summed E-state index contributed by atoms with van der Waals surface area (Å²) in [5.74, 6) is 1.52. The number of aryl methyl sites for hydroxylation is 1. The van der Waals surface area contributed by atoms with Crippen molar-refractivity contribution in [2.24, 2.45) is 5.41 Å². The summed E-state index contributed by atoms with van der Waals surface area (Å²) in [6.07, 6.45) is 3.87. The molecule has 0 spiro atoms. The minimum atomic E-state index is -0.223. The second-order valence-electron chi connectivity index (χ2n) is 10.6. The lowest BCUT2D eigenvalue weighted by Crippen LogP contribution is -2.51. The maximum Gasteiger partial charge on any atom is 0.231 e. The quantitative estimate of drug-likeness (QED) is 0.551. The Bertz CT molecular complexity index is 972. The zero-order valence-corrected chi connectivity index (χ0v) is 23.5. The molecule has 1 saturated heterocycles. The largest absolute Gasteiger partial charge is 0.353 e. The van der Waals surface area contributed by atoms with Crippen molar-refractivity contribution in [1.82, 2.24) is 20.2 Å². The molecular weight excluding hydrogens is 505 g/mol. The Morgan fingerprint density at radius 3 is 2.40 bits per heavy atom. The van der Waals surface area contributed by atoms with Crippen LogP contribution in [-0.2, 0) is 11.2 Å². The third-order valence-corrected chi connectivity index (χ3v) is 6.97. The van der Waals surface area contributed by atoms with E-state index in [1.807, 2.05) is 29.2 Å². The highest BCUT2D eigenvalue weighted by Crippen LogP contribution is 2.37. The molecule has 0 radical (unpaired) electrons. The maximum absolute atomic E-state index is 13.6. The Morgan fingerprint density at radius 2 is 1.77 bits per heavy atom. The highest BCUT2D eigenvalue weighted by Gasteiger charge is 2.32.